The van der Waals surface area contributed by atoms with E-state index in [4.69, 9.17) is 18.9 Å². The van der Waals surface area contributed by atoms with E-state index in [1.54, 1.807) is 40.8 Å². The molecular formula is C28H44N2O6. The van der Waals surface area contributed by atoms with Gasteiger partial charge in [0, 0.05) is 38.2 Å². The van der Waals surface area contributed by atoms with Gasteiger partial charge in [-0.3, -0.25) is 4.98 Å². The van der Waals surface area contributed by atoms with E-state index in [0.717, 1.165) is 37.4 Å². The number of nitrogens with zero attached hydrogens (tertiary/aromatic N) is 1. The molecule has 0 unspecified atom stereocenters. The van der Waals surface area contributed by atoms with E-state index in [1.807, 2.05) is 26.0 Å². The molecule has 36 heavy (non-hydrogen) atoms. The number of aromatic nitrogens is 1. The van der Waals surface area contributed by atoms with Crippen molar-refractivity contribution >= 4 is 12.1 Å². The molecule has 1 amide bonds. The van der Waals surface area contributed by atoms with Gasteiger partial charge < -0.3 is 24.3 Å². The number of hydrogen-bond donors (Lipinski definition) is 1. The predicted octanol–water partition coefficient (Wildman–Crippen LogP) is 5.57. The van der Waals surface area contributed by atoms with Crippen LogP contribution in [-0.4, -0.2) is 46.2 Å². The Hall–Kier alpha value is -2.35. The molecule has 1 saturated carbocycles. The zero-order chi connectivity index (χ0) is 26.7. The average Bonchev–Trinajstić information content (AvgIpc) is 2.96. The van der Waals surface area contributed by atoms with Crippen LogP contribution >= 0.6 is 0 Å². The molecular weight excluding hydrogens is 460 g/mol. The summed E-state index contributed by atoms with van der Waals surface area (Å²) in [6, 6.07) is 3.02. The first-order chi connectivity index (χ1) is 16.7. The van der Waals surface area contributed by atoms with Crippen LogP contribution in [0.5, 0.6) is 5.75 Å². The van der Waals surface area contributed by atoms with E-state index < -0.39 is 35.1 Å². The van der Waals surface area contributed by atoms with E-state index in [0.29, 0.717) is 12.1 Å². The summed E-state index contributed by atoms with van der Waals surface area (Å²) >= 11 is 0. The maximum Gasteiger partial charge on any atom is 0.407 e. The van der Waals surface area contributed by atoms with Gasteiger partial charge in [0.25, 0.3) is 0 Å². The van der Waals surface area contributed by atoms with Gasteiger partial charge >= 0.3 is 12.1 Å². The molecule has 2 heterocycles. The number of carbonyl (C=O) groups excluding carboxylic acids is 2. The van der Waals surface area contributed by atoms with Crippen molar-refractivity contribution < 1.29 is 28.5 Å². The Morgan fingerprint density at radius 2 is 1.89 bits per heavy atom. The molecule has 0 spiro atoms. The third kappa shape index (κ3) is 7.58. The lowest BCUT2D eigenvalue weighted by Gasteiger charge is -2.36. The van der Waals surface area contributed by atoms with Crippen LogP contribution in [0.4, 0.5) is 4.79 Å². The second-order valence-electron chi connectivity index (χ2n) is 12.3. The zero-order valence-electron chi connectivity index (χ0n) is 23.2. The first-order valence-corrected chi connectivity index (χ1v) is 13.2. The summed E-state index contributed by atoms with van der Waals surface area (Å²) in [5.41, 5.74) is -1.51. The van der Waals surface area contributed by atoms with Gasteiger partial charge in [0.2, 0.25) is 5.79 Å². The fourth-order valence-electron chi connectivity index (χ4n) is 4.98. The van der Waals surface area contributed by atoms with E-state index in [-0.39, 0.29) is 18.4 Å². The Kier molecular flexibility index (Phi) is 8.59. The molecule has 202 valence electrons. The van der Waals surface area contributed by atoms with Crippen molar-refractivity contribution in [3.05, 3.63) is 24.0 Å². The number of nitrogens with one attached hydrogen (secondary N) is 1. The van der Waals surface area contributed by atoms with Crippen LogP contribution in [0.2, 0.25) is 0 Å². The van der Waals surface area contributed by atoms with Crippen molar-refractivity contribution in [1.82, 2.24) is 10.3 Å². The largest absolute Gasteiger partial charge is 0.490 e. The van der Waals surface area contributed by atoms with Crippen LogP contribution in [0.15, 0.2) is 18.3 Å². The number of esters is 1. The Morgan fingerprint density at radius 3 is 2.44 bits per heavy atom. The van der Waals surface area contributed by atoms with Crippen molar-refractivity contribution in [3.8, 4) is 5.75 Å². The van der Waals surface area contributed by atoms with E-state index in [2.05, 4.69) is 17.2 Å². The van der Waals surface area contributed by atoms with Gasteiger partial charge in [0.15, 0.2) is 5.60 Å². The quantitative estimate of drug-likeness (QED) is 0.462. The molecule has 0 radical (unpaired) electrons. The van der Waals surface area contributed by atoms with Gasteiger partial charge in [0.1, 0.15) is 11.4 Å². The average molecular weight is 505 g/mol. The van der Waals surface area contributed by atoms with E-state index >= 15 is 0 Å². The second-order valence-corrected chi connectivity index (χ2v) is 12.3. The fraction of sp³-hybridized carbons (Fsp3) is 0.750. The number of cyclic esters (lactones) is 1. The Labute approximate surface area is 215 Å². The molecule has 8 heteroatoms. The Balaban J connectivity index is 1.88. The summed E-state index contributed by atoms with van der Waals surface area (Å²) in [4.78, 5) is 30.8. The van der Waals surface area contributed by atoms with Crippen molar-refractivity contribution in [3.63, 3.8) is 0 Å². The minimum absolute atomic E-state index is 0.126. The van der Waals surface area contributed by atoms with E-state index in [9.17, 15) is 9.59 Å². The van der Waals surface area contributed by atoms with Crippen LogP contribution in [-0.2, 0) is 25.4 Å². The van der Waals surface area contributed by atoms with E-state index in [1.165, 1.54) is 0 Å². The molecule has 0 aromatic carbocycles. The van der Waals surface area contributed by atoms with Crippen LogP contribution in [0.25, 0.3) is 0 Å². The van der Waals surface area contributed by atoms with Crippen LogP contribution in [0.1, 0.15) is 93.2 Å². The minimum atomic E-state index is -1.46. The zero-order valence-corrected chi connectivity index (χ0v) is 23.2. The number of pyridine rings is 1. The van der Waals surface area contributed by atoms with Gasteiger partial charge in [-0.25, -0.2) is 9.59 Å². The van der Waals surface area contributed by atoms with Gasteiger partial charge in [-0.2, -0.15) is 0 Å². The lowest BCUT2D eigenvalue weighted by atomic mass is 9.84. The van der Waals surface area contributed by atoms with Crippen LogP contribution < -0.4 is 10.1 Å². The van der Waals surface area contributed by atoms with Crippen molar-refractivity contribution in [2.75, 3.05) is 0 Å². The molecule has 2 atom stereocenters. The highest BCUT2D eigenvalue weighted by Crippen LogP contribution is 2.39. The van der Waals surface area contributed by atoms with Gasteiger partial charge in [-0.1, -0.05) is 20.8 Å². The summed E-state index contributed by atoms with van der Waals surface area (Å²) in [5, 5.41) is 2.91. The molecule has 1 aromatic heterocycles. The maximum atomic E-state index is 13.4. The lowest BCUT2D eigenvalue weighted by molar-refractivity contribution is -0.170. The number of amides is 1. The van der Waals surface area contributed by atoms with Crippen LogP contribution in [0, 0.1) is 11.8 Å². The first kappa shape index (κ1) is 28.2. The molecule has 1 N–H and O–H groups in total. The van der Waals surface area contributed by atoms with Gasteiger partial charge in [-0.05, 0) is 70.8 Å². The number of hydrogen-bond acceptors (Lipinski definition) is 7. The highest BCUT2D eigenvalue weighted by molar-refractivity contribution is 5.84. The molecule has 1 aliphatic carbocycles. The molecule has 1 aliphatic heterocycles. The van der Waals surface area contributed by atoms with Crippen LogP contribution in [0.3, 0.4) is 0 Å². The smallest absolute Gasteiger partial charge is 0.407 e. The third-order valence-electron chi connectivity index (χ3n) is 6.57. The lowest BCUT2D eigenvalue weighted by Crippen LogP contribution is -2.59. The fourth-order valence-corrected chi connectivity index (χ4v) is 4.98. The van der Waals surface area contributed by atoms with Crippen molar-refractivity contribution in [2.24, 2.45) is 11.8 Å². The molecule has 2 fully saturated rings. The standard InChI is InChI=1S/C28H44N2O6/c1-18(2)15-23(30-25(32)35-26(4,5)6)28(24(31)34-27(7,8)36-28)17-20-16-22(13-14-29-20)33-21-11-9-19(3)10-12-21/h13-14,16,18-19,21,23H,9-12,15,17H2,1-8H3,(H,30,32)/t19?,21?,23-,28+/m1/s1. The highest BCUT2D eigenvalue weighted by Gasteiger charge is 2.59. The first-order valence-electron chi connectivity index (χ1n) is 13.2. The molecule has 8 nitrogen and oxygen atoms in total. The molecule has 1 saturated heterocycles. The molecule has 0 bridgehead atoms. The summed E-state index contributed by atoms with van der Waals surface area (Å²) in [6.07, 6.45) is 6.26. The summed E-state index contributed by atoms with van der Waals surface area (Å²) in [5.74, 6) is -0.0425. The molecule has 2 aliphatic rings. The van der Waals surface area contributed by atoms with Gasteiger partial charge in [-0.15, -0.1) is 0 Å². The predicted molar refractivity (Wildman–Crippen MR) is 137 cm³/mol. The summed E-state index contributed by atoms with van der Waals surface area (Å²) in [6.45, 7) is 15.1. The van der Waals surface area contributed by atoms with Gasteiger partial charge in [0.05, 0.1) is 12.1 Å². The number of rotatable bonds is 8. The summed E-state index contributed by atoms with van der Waals surface area (Å²) < 4.78 is 23.7. The highest BCUT2D eigenvalue weighted by atomic mass is 16.8. The van der Waals surface area contributed by atoms with Crippen molar-refractivity contribution in [1.29, 1.82) is 0 Å². The molecule has 3 rings (SSSR count). The minimum Gasteiger partial charge on any atom is -0.490 e. The van der Waals surface area contributed by atoms with Crippen molar-refractivity contribution in [2.45, 2.75) is 123 Å². The summed E-state index contributed by atoms with van der Waals surface area (Å²) in [7, 11) is 0. The normalized spacial score (nSPS) is 26.9. The SMILES string of the molecule is CC(C)C[C@@H](NC(=O)OC(C)(C)C)[C@]1(Cc2cc(OC3CCC(C)CC3)ccn2)OC(C)(C)OC1=O. The monoisotopic (exact) mass is 504 g/mol. The number of carbonyl (C=O) groups is 2. The number of ether oxygens (including phenoxy) is 4. The topological polar surface area (TPSA) is 96.0 Å². The maximum absolute atomic E-state index is 13.4. The third-order valence-corrected chi connectivity index (χ3v) is 6.57. The molecule has 1 aromatic rings. The Morgan fingerprint density at radius 1 is 1.22 bits per heavy atom. The second kappa shape index (κ2) is 11.0. The Bertz CT molecular complexity index is 917. The number of alkyl carbamates (subject to hydrolysis) is 1.